The second-order valence-electron chi connectivity index (χ2n) is 8.77. The van der Waals surface area contributed by atoms with Gasteiger partial charge in [-0.3, -0.25) is 9.59 Å². The Hall–Kier alpha value is -3.45. The van der Waals surface area contributed by atoms with Crippen molar-refractivity contribution < 1.29 is 14.3 Å². The summed E-state index contributed by atoms with van der Waals surface area (Å²) in [5.41, 5.74) is 4.01. The van der Waals surface area contributed by atoms with E-state index >= 15 is 0 Å². The quantitative estimate of drug-likeness (QED) is 0.515. The van der Waals surface area contributed by atoms with Crippen molar-refractivity contribution in [3.05, 3.63) is 95.6 Å². The Morgan fingerprint density at radius 3 is 2.26 bits per heavy atom. The first-order valence-corrected chi connectivity index (χ1v) is 12.9. The lowest BCUT2D eigenvalue weighted by Crippen LogP contribution is -2.48. The number of thioether (sulfide) groups is 1. The summed E-state index contributed by atoms with van der Waals surface area (Å²) in [5, 5.41) is -0.0279. The average Bonchev–Trinajstić information content (AvgIpc) is 3.28. The molecule has 6 nitrogen and oxygen atoms in total. The number of nitrogens with zero attached hydrogens (tertiary/aromatic N) is 3. The highest BCUT2D eigenvalue weighted by molar-refractivity contribution is 8.00. The van der Waals surface area contributed by atoms with Gasteiger partial charge in [-0.1, -0.05) is 42.5 Å². The van der Waals surface area contributed by atoms with Crippen LogP contribution in [0, 0.1) is 0 Å². The number of rotatable bonds is 6. The predicted molar refractivity (Wildman–Crippen MR) is 140 cm³/mol. The molecule has 5 rings (SSSR count). The topological polar surface area (TPSA) is 53.1 Å². The van der Waals surface area contributed by atoms with Gasteiger partial charge in [0.15, 0.2) is 0 Å². The Morgan fingerprint density at radius 1 is 0.914 bits per heavy atom. The third-order valence-electron chi connectivity index (χ3n) is 6.61. The summed E-state index contributed by atoms with van der Waals surface area (Å²) in [5.74, 6) is 1.53. The number of ether oxygens (including phenoxy) is 1. The molecule has 2 heterocycles. The molecule has 0 aromatic heterocycles. The van der Waals surface area contributed by atoms with Gasteiger partial charge in [0.25, 0.3) is 5.91 Å². The summed E-state index contributed by atoms with van der Waals surface area (Å²) < 4.78 is 5.24. The molecule has 2 saturated heterocycles. The van der Waals surface area contributed by atoms with Gasteiger partial charge in [0.2, 0.25) is 5.91 Å². The molecule has 0 saturated carbocycles. The molecular weight excluding hydrogens is 458 g/mol. The number of piperazine rings is 1. The minimum absolute atomic E-state index is 0.0279. The van der Waals surface area contributed by atoms with Crippen molar-refractivity contribution in [2.75, 3.05) is 43.9 Å². The van der Waals surface area contributed by atoms with Crippen molar-refractivity contribution in [3.63, 3.8) is 0 Å². The molecule has 0 bridgehead atoms. The molecule has 180 valence electrons. The van der Waals surface area contributed by atoms with E-state index in [4.69, 9.17) is 4.74 Å². The molecular formula is C28H29N3O3S. The van der Waals surface area contributed by atoms with E-state index in [1.54, 1.807) is 18.9 Å². The Morgan fingerprint density at radius 2 is 1.60 bits per heavy atom. The molecule has 3 aromatic carbocycles. The number of benzene rings is 3. The number of amides is 2. The standard InChI is InChI=1S/C28H29N3O3S/c1-34-25-13-11-24(12-14-25)29-15-17-30(18-16-29)27(33)22-7-9-23(10-8-22)28-31(26(32)20-35-28)19-21-5-3-2-4-6-21/h2-14,28H,15-20H2,1H3/t28-/m0/s1. The summed E-state index contributed by atoms with van der Waals surface area (Å²) in [6.07, 6.45) is 0. The minimum atomic E-state index is -0.0279. The van der Waals surface area contributed by atoms with E-state index in [0.717, 1.165) is 35.7 Å². The highest BCUT2D eigenvalue weighted by Gasteiger charge is 2.33. The summed E-state index contributed by atoms with van der Waals surface area (Å²) in [4.78, 5) is 31.8. The lowest BCUT2D eigenvalue weighted by Gasteiger charge is -2.36. The van der Waals surface area contributed by atoms with Gasteiger partial charge in [0, 0.05) is 44.0 Å². The number of hydrogen-bond acceptors (Lipinski definition) is 5. The van der Waals surface area contributed by atoms with E-state index in [0.29, 0.717) is 31.0 Å². The van der Waals surface area contributed by atoms with E-state index in [1.807, 2.05) is 76.5 Å². The molecule has 2 amide bonds. The van der Waals surface area contributed by atoms with Crippen molar-refractivity contribution in [1.29, 1.82) is 0 Å². The van der Waals surface area contributed by atoms with Gasteiger partial charge < -0.3 is 19.4 Å². The molecule has 0 spiro atoms. The monoisotopic (exact) mass is 487 g/mol. The van der Waals surface area contributed by atoms with Crippen LogP contribution in [0.4, 0.5) is 5.69 Å². The Bertz CT molecular complexity index is 1160. The van der Waals surface area contributed by atoms with Gasteiger partial charge in [0.1, 0.15) is 11.1 Å². The molecule has 3 aromatic rings. The molecule has 0 radical (unpaired) electrons. The summed E-state index contributed by atoms with van der Waals surface area (Å²) in [7, 11) is 1.67. The van der Waals surface area contributed by atoms with Gasteiger partial charge in [-0.05, 0) is 47.5 Å². The molecule has 35 heavy (non-hydrogen) atoms. The SMILES string of the molecule is COc1ccc(N2CCN(C(=O)c3ccc([C@@H]4SCC(=O)N4Cc4ccccc4)cc3)CC2)cc1. The van der Waals surface area contributed by atoms with Crippen molar-refractivity contribution >= 4 is 29.3 Å². The third kappa shape index (κ3) is 5.15. The van der Waals surface area contributed by atoms with E-state index in [-0.39, 0.29) is 17.2 Å². The lowest BCUT2D eigenvalue weighted by molar-refractivity contribution is -0.128. The van der Waals surface area contributed by atoms with Crippen LogP contribution in [0.1, 0.15) is 26.9 Å². The first kappa shape index (κ1) is 23.3. The Labute approximate surface area is 210 Å². The van der Waals surface area contributed by atoms with Gasteiger partial charge in [-0.2, -0.15) is 0 Å². The lowest BCUT2D eigenvalue weighted by atomic mass is 10.1. The van der Waals surface area contributed by atoms with Gasteiger partial charge >= 0.3 is 0 Å². The van der Waals surface area contributed by atoms with Crippen LogP contribution in [0.5, 0.6) is 5.75 Å². The first-order valence-electron chi connectivity index (χ1n) is 11.9. The van der Waals surface area contributed by atoms with Crippen LogP contribution in [0.25, 0.3) is 0 Å². The summed E-state index contributed by atoms with van der Waals surface area (Å²) in [6, 6.07) is 25.9. The first-order chi connectivity index (χ1) is 17.1. The van der Waals surface area contributed by atoms with Gasteiger partial charge in [-0.15, -0.1) is 11.8 Å². The Kier molecular flexibility index (Phi) is 6.95. The molecule has 2 aliphatic rings. The van der Waals surface area contributed by atoms with Crippen LogP contribution < -0.4 is 9.64 Å². The minimum Gasteiger partial charge on any atom is -0.497 e. The fraction of sp³-hybridized carbons (Fsp3) is 0.286. The molecule has 0 N–H and O–H groups in total. The van der Waals surface area contributed by atoms with E-state index in [1.165, 1.54) is 0 Å². The van der Waals surface area contributed by atoms with E-state index < -0.39 is 0 Å². The number of methoxy groups -OCH3 is 1. The van der Waals surface area contributed by atoms with Gasteiger partial charge in [0.05, 0.1) is 12.9 Å². The maximum Gasteiger partial charge on any atom is 0.253 e. The fourth-order valence-electron chi connectivity index (χ4n) is 4.61. The zero-order chi connectivity index (χ0) is 24.2. The number of hydrogen-bond donors (Lipinski definition) is 0. The van der Waals surface area contributed by atoms with Crippen LogP contribution in [0.2, 0.25) is 0 Å². The molecule has 2 fully saturated rings. The van der Waals surface area contributed by atoms with Gasteiger partial charge in [-0.25, -0.2) is 0 Å². The number of anilines is 1. The van der Waals surface area contributed by atoms with Crippen LogP contribution in [0.15, 0.2) is 78.9 Å². The predicted octanol–water partition coefficient (Wildman–Crippen LogP) is 4.43. The highest BCUT2D eigenvalue weighted by atomic mass is 32.2. The largest absolute Gasteiger partial charge is 0.497 e. The van der Waals surface area contributed by atoms with Crippen LogP contribution in [0.3, 0.4) is 0 Å². The summed E-state index contributed by atoms with van der Waals surface area (Å²) in [6.45, 7) is 3.56. The molecule has 7 heteroatoms. The molecule has 0 aliphatic carbocycles. The highest BCUT2D eigenvalue weighted by Crippen LogP contribution is 2.39. The third-order valence-corrected chi connectivity index (χ3v) is 7.87. The van der Waals surface area contributed by atoms with Crippen molar-refractivity contribution in [2.24, 2.45) is 0 Å². The van der Waals surface area contributed by atoms with Crippen LogP contribution in [-0.4, -0.2) is 60.7 Å². The fourth-order valence-corrected chi connectivity index (χ4v) is 5.80. The zero-order valence-electron chi connectivity index (χ0n) is 19.8. The van der Waals surface area contributed by atoms with Crippen molar-refractivity contribution in [3.8, 4) is 5.75 Å². The summed E-state index contributed by atoms with van der Waals surface area (Å²) >= 11 is 1.64. The average molecular weight is 488 g/mol. The van der Waals surface area contributed by atoms with Crippen molar-refractivity contribution in [2.45, 2.75) is 11.9 Å². The molecule has 1 atom stereocenters. The Balaban J connectivity index is 1.21. The maximum atomic E-state index is 13.1. The second kappa shape index (κ2) is 10.4. The van der Waals surface area contributed by atoms with Crippen LogP contribution in [-0.2, 0) is 11.3 Å². The smallest absolute Gasteiger partial charge is 0.253 e. The second-order valence-corrected chi connectivity index (χ2v) is 9.84. The molecule has 0 unspecified atom stereocenters. The normalized spacial score (nSPS) is 18.1. The molecule has 2 aliphatic heterocycles. The van der Waals surface area contributed by atoms with E-state index in [9.17, 15) is 9.59 Å². The number of carbonyl (C=O) groups excluding carboxylic acids is 2. The van der Waals surface area contributed by atoms with Crippen LogP contribution >= 0.6 is 11.8 Å². The van der Waals surface area contributed by atoms with E-state index in [2.05, 4.69) is 17.0 Å². The van der Waals surface area contributed by atoms with Crippen molar-refractivity contribution in [1.82, 2.24) is 9.80 Å². The number of carbonyl (C=O) groups is 2. The maximum absolute atomic E-state index is 13.1. The zero-order valence-corrected chi connectivity index (χ0v) is 20.6.